The van der Waals surface area contributed by atoms with E-state index in [0.717, 1.165) is 63.6 Å². The molecule has 1 saturated heterocycles. The van der Waals surface area contributed by atoms with Gasteiger partial charge in [-0.15, -0.1) is 0 Å². The van der Waals surface area contributed by atoms with Gasteiger partial charge in [0.1, 0.15) is 5.60 Å². The number of fused-ring (bicyclic) bond motifs is 1. The van der Waals surface area contributed by atoms with Crippen molar-refractivity contribution in [3.63, 3.8) is 0 Å². The van der Waals surface area contributed by atoms with Gasteiger partial charge in [-0.2, -0.15) is 0 Å². The minimum atomic E-state index is -1.57. The SMILES string of the molecule is CNCCN=C(N)N1C=C[C@H](CNCCO)[C@@]2(C1)[C@@H]1CC[C@@H](C)[C@]23C[C@](O)(CO[C@H]2CCC[C@H]4NCCC[C@H]24)C(C(=O)O)=C3C1. The van der Waals surface area contributed by atoms with Crippen molar-refractivity contribution in [2.45, 2.75) is 82.5 Å². The molecule has 0 unspecified atom stereocenters. The molecule has 4 fully saturated rings. The molecule has 2 spiro atoms. The Kier molecular flexibility index (Phi) is 9.68. The van der Waals surface area contributed by atoms with Crippen LogP contribution in [0.5, 0.6) is 0 Å². The van der Waals surface area contributed by atoms with Gasteiger partial charge in [0.15, 0.2) is 5.96 Å². The number of allylic oxidation sites excluding steroid dienone is 1. The van der Waals surface area contributed by atoms with Gasteiger partial charge < -0.3 is 46.6 Å². The number of carboxylic acids is 1. The molecule has 0 aromatic rings. The quantitative estimate of drug-likeness (QED) is 0.101. The highest BCUT2D eigenvalue weighted by Gasteiger charge is 2.75. The Bertz CT molecular complexity index is 1190. The van der Waals surface area contributed by atoms with Gasteiger partial charge >= 0.3 is 5.97 Å². The summed E-state index contributed by atoms with van der Waals surface area (Å²) >= 11 is 0. The van der Waals surface area contributed by atoms with E-state index < -0.39 is 17.0 Å². The van der Waals surface area contributed by atoms with E-state index >= 15 is 0 Å². The molecule has 0 aromatic heterocycles. The zero-order valence-corrected chi connectivity index (χ0v) is 27.3. The Morgan fingerprint density at radius 3 is 2.84 bits per heavy atom. The molecule has 9 atom stereocenters. The average Bonchev–Trinajstić information content (AvgIpc) is 3.38. The Balaban J connectivity index is 1.37. The fraction of sp³-hybridized carbons (Fsp3) is 0.824. The van der Waals surface area contributed by atoms with Crippen LogP contribution in [0.25, 0.3) is 0 Å². The van der Waals surface area contributed by atoms with Gasteiger partial charge in [-0.1, -0.05) is 13.0 Å². The van der Waals surface area contributed by atoms with E-state index in [1.54, 1.807) is 0 Å². The number of piperidine rings is 1. The topological polar surface area (TPSA) is 165 Å². The highest BCUT2D eigenvalue weighted by molar-refractivity contribution is 5.92. The summed E-state index contributed by atoms with van der Waals surface area (Å²) in [5.74, 6) is 0.341. The predicted molar refractivity (Wildman–Crippen MR) is 173 cm³/mol. The van der Waals surface area contributed by atoms with Crippen LogP contribution in [0.3, 0.4) is 0 Å². The second-order valence-corrected chi connectivity index (χ2v) is 14.8. The second-order valence-electron chi connectivity index (χ2n) is 14.8. The first-order chi connectivity index (χ1) is 21.7. The number of carboxylic acid groups (broad SMARTS) is 1. The smallest absolute Gasteiger partial charge is 0.334 e. The molecule has 2 bridgehead atoms. The van der Waals surface area contributed by atoms with Crippen LogP contribution in [-0.4, -0.2) is 109 Å². The number of aliphatic carboxylic acids is 1. The number of carbonyl (C=O) groups is 1. The van der Waals surface area contributed by atoms with Gasteiger partial charge in [-0.25, -0.2) is 4.79 Å². The molecule has 2 aliphatic heterocycles. The summed E-state index contributed by atoms with van der Waals surface area (Å²) in [7, 11) is 1.89. The number of hydrogen-bond donors (Lipinski definition) is 7. The Hall–Kier alpha value is -2.02. The number of aliphatic hydroxyl groups is 2. The molecule has 6 rings (SSSR count). The number of aliphatic imine (C=N–C) groups is 1. The molecule has 0 aromatic carbocycles. The highest BCUT2D eigenvalue weighted by Crippen LogP contribution is 2.77. The first-order valence-electron chi connectivity index (χ1n) is 17.5. The molecule has 11 nitrogen and oxygen atoms in total. The summed E-state index contributed by atoms with van der Waals surface area (Å²) in [6, 6.07) is 0.445. The summed E-state index contributed by atoms with van der Waals surface area (Å²) in [5, 5.41) is 43.2. The normalized spacial score (nSPS) is 41.1. The molecule has 11 heteroatoms. The number of nitrogens with zero attached hydrogens (tertiary/aromatic N) is 2. The molecule has 4 aliphatic carbocycles. The number of likely N-dealkylation sites (N-methyl/N-ethyl adjacent to an activating group) is 1. The lowest BCUT2D eigenvalue weighted by Gasteiger charge is -2.61. The molecular formula is C34H56N6O5. The summed E-state index contributed by atoms with van der Waals surface area (Å²) in [6.45, 7) is 6.43. The zero-order valence-electron chi connectivity index (χ0n) is 27.3. The summed E-state index contributed by atoms with van der Waals surface area (Å²) in [4.78, 5) is 19.9. The number of hydrogen-bond acceptors (Lipinski definition) is 8. The molecule has 0 radical (unpaired) electrons. The van der Waals surface area contributed by atoms with Crippen molar-refractivity contribution in [2.75, 3.05) is 59.5 Å². The fourth-order valence-corrected chi connectivity index (χ4v) is 10.9. The minimum absolute atomic E-state index is 0.0157. The lowest BCUT2D eigenvalue weighted by Crippen LogP contribution is -2.62. The maximum atomic E-state index is 13.2. The number of nitrogens with two attached hydrogens (primary N) is 1. The van der Waals surface area contributed by atoms with Crippen LogP contribution < -0.4 is 21.7 Å². The summed E-state index contributed by atoms with van der Waals surface area (Å²) < 4.78 is 6.65. The Morgan fingerprint density at radius 2 is 2.07 bits per heavy atom. The molecule has 2 heterocycles. The molecule has 45 heavy (non-hydrogen) atoms. The Morgan fingerprint density at radius 1 is 1.22 bits per heavy atom. The van der Waals surface area contributed by atoms with Crippen LogP contribution in [0.1, 0.15) is 64.7 Å². The fourth-order valence-electron chi connectivity index (χ4n) is 10.9. The number of rotatable bonds is 11. The lowest BCUT2D eigenvalue weighted by molar-refractivity contribution is -0.146. The van der Waals surface area contributed by atoms with Gasteiger partial charge in [-0.3, -0.25) is 4.99 Å². The van der Waals surface area contributed by atoms with Crippen LogP contribution in [0.4, 0.5) is 0 Å². The van der Waals surface area contributed by atoms with Crippen molar-refractivity contribution >= 4 is 11.9 Å². The monoisotopic (exact) mass is 628 g/mol. The summed E-state index contributed by atoms with van der Waals surface area (Å²) in [6.07, 6.45) is 12.7. The van der Waals surface area contributed by atoms with Crippen molar-refractivity contribution < 1.29 is 24.9 Å². The van der Waals surface area contributed by atoms with Crippen LogP contribution in [0.2, 0.25) is 0 Å². The van der Waals surface area contributed by atoms with E-state index in [0.29, 0.717) is 56.9 Å². The number of nitrogens with one attached hydrogen (secondary N) is 3. The number of guanidine groups is 1. The van der Waals surface area contributed by atoms with Crippen molar-refractivity contribution in [3.05, 3.63) is 23.4 Å². The van der Waals surface area contributed by atoms with E-state index in [1.165, 1.54) is 0 Å². The van der Waals surface area contributed by atoms with Crippen LogP contribution in [0, 0.1) is 34.5 Å². The highest BCUT2D eigenvalue weighted by atomic mass is 16.5. The third-order valence-electron chi connectivity index (χ3n) is 12.7. The van der Waals surface area contributed by atoms with E-state index in [9.17, 15) is 20.1 Å². The number of ether oxygens (including phenoxy) is 1. The van der Waals surface area contributed by atoms with Gasteiger partial charge in [0.2, 0.25) is 0 Å². The zero-order chi connectivity index (χ0) is 31.8. The van der Waals surface area contributed by atoms with Crippen LogP contribution in [-0.2, 0) is 9.53 Å². The lowest BCUT2D eigenvalue weighted by atomic mass is 9.46. The van der Waals surface area contributed by atoms with Crippen molar-refractivity contribution in [3.8, 4) is 0 Å². The third-order valence-corrected chi connectivity index (χ3v) is 12.7. The van der Waals surface area contributed by atoms with Gasteiger partial charge in [0.05, 0.1) is 31.4 Å². The van der Waals surface area contributed by atoms with Crippen molar-refractivity contribution in [2.24, 2.45) is 45.2 Å². The first kappa shape index (κ1) is 32.9. The van der Waals surface area contributed by atoms with E-state index in [1.807, 2.05) is 13.2 Å². The molecule has 3 saturated carbocycles. The molecule has 0 amide bonds. The van der Waals surface area contributed by atoms with E-state index in [4.69, 9.17) is 10.5 Å². The molecular weight excluding hydrogens is 572 g/mol. The van der Waals surface area contributed by atoms with Crippen molar-refractivity contribution in [1.82, 2.24) is 20.9 Å². The second kappa shape index (κ2) is 13.2. The van der Waals surface area contributed by atoms with Gasteiger partial charge in [-0.05, 0) is 94.7 Å². The van der Waals surface area contributed by atoms with Crippen LogP contribution in [0.15, 0.2) is 28.4 Å². The largest absolute Gasteiger partial charge is 0.478 e. The minimum Gasteiger partial charge on any atom is -0.478 e. The maximum Gasteiger partial charge on any atom is 0.334 e. The van der Waals surface area contributed by atoms with Crippen molar-refractivity contribution in [1.29, 1.82) is 0 Å². The average molecular weight is 629 g/mol. The molecule has 8 N–H and O–H groups in total. The van der Waals surface area contributed by atoms with E-state index in [2.05, 4.69) is 38.8 Å². The van der Waals surface area contributed by atoms with Crippen LogP contribution >= 0.6 is 0 Å². The van der Waals surface area contributed by atoms with Gasteiger partial charge in [0, 0.05) is 55.2 Å². The molecule has 6 aliphatic rings. The first-order valence-corrected chi connectivity index (χ1v) is 17.5. The van der Waals surface area contributed by atoms with Gasteiger partial charge in [0.25, 0.3) is 0 Å². The predicted octanol–water partition coefficient (Wildman–Crippen LogP) is 1.42. The van der Waals surface area contributed by atoms with E-state index in [-0.39, 0.29) is 48.1 Å². The number of aliphatic hydroxyl groups excluding tert-OH is 1. The molecule has 252 valence electrons. The standard InChI is InChI=1S/C34H56N6O5/c1-22-8-9-23-17-26-29(30(42)43)32(44,21-45-28-7-3-6-27-25(28)5-4-11-38-27)19-33(22,26)34(23)20-40(31(35)39-13-12-36-2)15-10-24(34)18-37-14-16-41/h10,15,22-25,27-28,36-38,41,44H,3-9,11-14,16-21H2,1-2H3,(H2,35,39)(H,42,43)/t22-,23-,24-,25+,27-,28+,32+,33+,34-/m1/s1. The summed E-state index contributed by atoms with van der Waals surface area (Å²) in [5.41, 5.74) is 5.27. The Labute approximate surface area is 268 Å². The maximum absolute atomic E-state index is 13.2. The third kappa shape index (κ3) is 5.45.